The van der Waals surface area contributed by atoms with Gasteiger partial charge < -0.3 is 9.80 Å². The van der Waals surface area contributed by atoms with E-state index < -0.39 is 0 Å². The molecule has 4 rings (SSSR count). The number of carbonyl (C=O) groups is 1. The van der Waals surface area contributed by atoms with Crippen molar-refractivity contribution in [3.63, 3.8) is 0 Å². The van der Waals surface area contributed by atoms with Crippen molar-refractivity contribution in [3.05, 3.63) is 54.4 Å². The van der Waals surface area contributed by atoms with Crippen LogP contribution in [0.15, 0.2) is 43.0 Å². The fraction of sp³-hybridized carbons (Fsp3) is 0.455. The minimum atomic E-state index is -0.336. The molecule has 1 atom stereocenters. The SMILES string of the molecule is CCC(C)c1cccn2ncnc12.CN(CCN1CCCC1=O)c1ccc(F)cn1. The van der Waals surface area contributed by atoms with Crippen LogP contribution < -0.4 is 4.90 Å². The van der Waals surface area contributed by atoms with E-state index in [9.17, 15) is 9.18 Å². The number of amides is 1. The van der Waals surface area contributed by atoms with E-state index in [0.29, 0.717) is 25.4 Å². The zero-order valence-corrected chi connectivity index (χ0v) is 17.8. The molecule has 0 radical (unpaired) electrons. The van der Waals surface area contributed by atoms with Crippen LogP contribution in [0.3, 0.4) is 0 Å². The first-order chi connectivity index (χ1) is 14.5. The van der Waals surface area contributed by atoms with Crippen LogP contribution in [0.2, 0.25) is 0 Å². The molecule has 1 aliphatic rings. The fourth-order valence-corrected chi connectivity index (χ4v) is 3.39. The van der Waals surface area contributed by atoms with Gasteiger partial charge >= 0.3 is 0 Å². The molecule has 3 aromatic rings. The summed E-state index contributed by atoms with van der Waals surface area (Å²) >= 11 is 0. The molecule has 160 valence electrons. The summed E-state index contributed by atoms with van der Waals surface area (Å²) in [7, 11) is 1.89. The first-order valence-electron chi connectivity index (χ1n) is 10.4. The molecular formula is C22H29FN6O. The second kappa shape index (κ2) is 10.1. The van der Waals surface area contributed by atoms with Crippen molar-refractivity contribution in [1.29, 1.82) is 0 Å². The summed E-state index contributed by atoms with van der Waals surface area (Å²) in [6.07, 6.45) is 7.48. The Morgan fingerprint density at radius 2 is 2.10 bits per heavy atom. The minimum Gasteiger partial charge on any atom is -0.358 e. The standard InChI is InChI=1S/C12H16FN3O.C10H13N3/c1-15(11-5-4-10(13)9-14-11)7-8-16-6-2-3-12(16)17;1-3-8(2)9-5-4-6-13-10(9)11-7-12-13/h4-5,9H,2-3,6-8H2,1H3;4-8H,3H2,1-2H3. The molecule has 0 N–H and O–H groups in total. The second-order valence-corrected chi connectivity index (χ2v) is 7.54. The highest BCUT2D eigenvalue weighted by Gasteiger charge is 2.19. The van der Waals surface area contributed by atoms with Gasteiger partial charge in [0.2, 0.25) is 5.91 Å². The lowest BCUT2D eigenvalue weighted by atomic mass is 10.0. The number of likely N-dealkylation sites (N-methyl/N-ethyl adjacent to an activating group) is 1. The Bertz CT molecular complexity index is 958. The number of likely N-dealkylation sites (tertiary alicyclic amines) is 1. The van der Waals surface area contributed by atoms with Crippen molar-refractivity contribution < 1.29 is 9.18 Å². The summed E-state index contributed by atoms with van der Waals surface area (Å²) in [6.45, 7) is 6.66. The van der Waals surface area contributed by atoms with Gasteiger partial charge in [0.05, 0.1) is 6.20 Å². The Kier molecular flexibility index (Phi) is 7.32. The molecule has 1 fully saturated rings. The number of hydrogen-bond acceptors (Lipinski definition) is 5. The van der Waals surface area contributed by atoms with Gasteiger partial charge in [-0.1, -0.05) is 19.9 Å². The number of fused-ring (bicyclic) bond motifs is 1. The maximum atomic E-state index is 12.7. The molecule has 0 aromatic carbocycles. The summed E-state index contributed by atoms with van der Waals surface area (Å²) in [5.41, 5.74) is 2.26. The Hall–Kier alpha value is -3.03. The summed E-state index contributed by atoms with van der Waals surface area (Å²) in [6, 6.07) is 7.17. The number of carbonyl (C=O) groups excluding carboxylic acids is 1. The Morgan fingerprint density at radius 3 is 2.77 bits per heavy atom. The van der Waals surface area contributed by atoms with Gasteiger partial charge in [-0.25, -0.2) is 18.9 Å². The van der Waals surface area contributed by atoms with Crippen LogP contribution in [-0.4, -0.2) is 57.1 Å². The highest BCUT2D eigenvalue weighted by Crippen LogP contribution is 2.21. The van der Waals surface area contributed by atoms with Crippen molar-refractivity contribution in [1.82, 2.24) is 24.5 Å². The van der Waals surface area contributed by atoms with E-state index in [1.54, 1.807) is 12.4 Å². The predicted octanol–water partition coefficient (Wildman–Crippen LogP) is 3.52. The first-order valence-corrected chi connectivity index (χ1v) is 10.4. The van der Waals surface area contributed by atoms with Gasteiger partial charge in [-0.05, 0) is 42.5 Å². The van der Waals surface area contributed by atoms with Gasteiger partial charge in [-0.15, -0.1) is 0 Å². The molecule has 30 heavy (non-hydrogen) atoms. The molecule has 3 aromatic heterocycles. The van der Waals surface area contributed by atoms with Crippen LogP contribution in [0.1, 0.15) is 44.6 Å². The van der Waals surface area contributed by atoms with E-state index >= 15 is 0 Å². The summed E-state index contributed by atoms with van der Waals surface area (Å²) in [5.74, 6) is 1.16. The number of hydrogen-bond donors (Lipinski definition) is 0. The van der Waals surface area contributed by atoms with E-state index in [1.807, 2.05) is 33.6 Å². The molecular weight excluding hydrogens is 383 g/mol. The lowest BCUT2D eigenvalue weighted by Crippen LogP contribution is -2.34. The Morgan fingerprint density at radius 1 is 1.27 bits per heavy atom. The lowest BCUT2D eigenvalue weighted by molar-refractivity contribution is -0.127. The average molecular weight is 413 g/mol. The van der Waals surface area contributed by atoms with Crippen molar-refractivity contribution in [2.75, 3.05) is 31.6 Å². The molecule has 0 spiro atoms. The molecule has 0 saturated carbocycles. The number of rotatable bonds is 6. The van der Waals surface area contributed by atoms with Crippen LogP contribution in [-0.2, 0) is 4.79 Å². The minimum absolute atomic E-state index is 0.227. The van der Waals surface area contributed by atoms with Crippen LogP contribution >= 0.6 is 0 Å². The molecule has 1 saturated heterocycles. The largest absolute Gasteiger partial charge is 0.358 e. The summed E-state index contributed by atoms with van der Waals surface area (Å²) < 4.78 is 14.5. The van der Waals surface area contributed by atoms with Crippen LogP contribution in [0.25, 0.3) is 5.65 Å². The van der Waals surface area contributed by atoms with Crippen LogP contribution in [0, 0.1) is 5.82 Å². The van der Waals surface area contributed by atoms with Gasteiger partial charge in [0.15, 0.2) is 5.65 Å². The third-order valence-electron chi connectivity index (χ3n) is 5.46. The van der Waals surface area contributed by atoms with Crippen LogP contribution in [0.5, 0.6) is 0 Å². The maximum absolute atomic E-state index is 12.7. The second-order valence-electron chi connectivity index (χ2n) is 7.54. The van der Waals surface area contributed by atoms with Crippen LogP contribution in [0.4, 0.5) is 10.2 Å². The van der Waals surface area contributed by atoms with Crippen molar-refractivity contribution in [2.45, 2.75) is 39.0 Å². The Labute approximate surface area is 176 Å². The van der Waals surface area contributed by atoms with Crippen molar-refractivity contribution in [2.24, 2.45) is 0 Å². The average Bonchev–Trinajstić information content (AvgIpc) is 3.41. The number of pyridine rings is 2. The van der Waals surface area contributed by atoms with Gasteiger partial charge in [0.25, 0.3) is 0 Å². The first kappa shape index (κ1) is 21.7. The van der Waals surface area contributed by atoms with Gasteiger partial charge in [-0.2, -0.15) is 5.10 Å². The number of halogens is 1. The third kappa shape index (κ3) is 5.31. The lowest BCUT2D eigenvalue weighted by Gasteiger charge is -2.22. The number of aromatic nitrogens is 4. The summed E-state index contributed by atoms with van der Waals surface area (Å²) in [4.78, 5) is 23.4. The molecule has 1 amide bonds. The number of nitrogens with zero attached hydrogens (tertiary/aromatic N) is 6. The van der Waals surface area contributed by atoms with Crippen molar-refractivity contribution in [3.8, 4) is 0 Å². The van der Waals surface area contributed by atoms with E-state index in [2.05, 4.69) is 35.0 Å². The van der Waals surface area contributed by atoms with Gasteiger partial charge in [0, 0.05) is 39.3 Å². The monoisotopic (exact) mass is 412 g/mol. The van der Waals surface area contributed by atoms with Crippen molar-refractivity contribution >= 4 is 17.4 Å². The van der Waals surface area contributed by atoms with E-state index in [-0.39, 0.29) is 11.7 Å². The molecule has 1 aliphatic heterocycles. The molecule has 8 heteroatoms. The predicted molar refractivity (Wildman–Crippen MR) is 115 cm³/mol. The topological polar surface area (TPSA) is 66.6 Å². The zero-order chi connectivity index (χ0) is 21.5. The van der Waals surface area contributed by atoms with E-state index in [0.717, 1.165) is 30.9 Å². The highest BCUT2D eigenvalue weighted by atomic mass is 19.1. The summed E-state index contributed by atoms with van der Waals surface area (Å²) in [5, 5.41) is 4.10. The van der Waals surface area contributed by atoms with E-state index in [1.165, 1.54) is 17.8 Å². The smallest absolute Gasteiger partial charge is 0.222 e. The molecule has 4 heterocycles. The quantitative estimate of drug-likeness (QED) is 0.620. The molecule has 0 bridgehead atoms. The van der Waals surface area contributed by atoms with E-state index in [4.69, 9.17) is 0 Å². The third-order valence-corrected chi connectivity index (χ3v) is 5.46. The Balaban J connectivity index is 0.000000177. The maximum Gasteiger partial charge on any atom is 0.222 e. The zero-order valence-electron chi connectivity index (χ0n) is 17.8. The number of anilines is 1. The molecule has 1 unspecified atom stereocenters. The highest BCUT2D eigenvalue weighted by molar-refractivity contribution is 5.78. The van der Waals surface area contributed by atoms with Gasteiger partial charge in [-0.3, -0.25) is 4.79 Å². The fourth-order valence-electron chi connectivity index (χ4n) is 3.39. The molecule has 0 aliphatic carbocycles. The normalized spacial score (nSPS) is 14.5. The molecule has 7 nitrogen and oxygen atoms in total. The van der Waals surface area contributed by atoms with Gasteiger partial charge in [0.1, 0.15) is 18.0 Å².